The van der Waals surface area contributed by atoms with Gasteiger partial charge in [0.1, 0.15) is 11.6 Å². The van der Waals surface area contributed by atoms with E-state index < -0.39 is 23.0 Å². The normalized spacial score (nSPS) is 13.4. The molecule has 0 bridgehead atoms. The van der Waals surface area contributed by atoms with E-state index in [1.54, 1.807) is 0 Å². The van der Waals surface area contributed by atoms with E-state index in [0.29, 0.717) is 0 Å². The molecule has 1 atom stereocenters. The number of esters is 1. The fourth-order valence-electron chi connectivity index (χ4n) is 2.56. The van der Waals surface area contributed by atoms with Crippen molar-refractivity contribution in [3.63, 3.8) is 0 Å². The minimum Gasteiger partial charge on any atom is -0.454 e. The van der Waals surface area contributed by atoms with Crippen LogP contribution in [0.1, 0.15) is 38.8 Å². The Hall–Kier alpha value is -2.13. The Morgan fingerprint density at radius 1 is 0.870 bits per heavy atom. The van der Waals surface area contributed by atoms with Gasteiger partial charge in [-0.3, -0.25) is 4.79 Å². The van der Waals surface area contributed by atoms with Gasteiger partial charge in [0.2, 0.25) is 0 Å². The van der Waals surface area contributed by atoms with Crippen molar-refractivity contribution in [1.82, 2.24) is 0 Å². The summed E-state index contributed by atoms with van der Waals surface area (Å²) in [6.45, 7) is 7.68. The Kier molecular flexibility index (Phi) is 4.90. The van der Waals surface area contributed by atoms with E-state index in [1.807, 2.05) is 88.4 Å². The maximum atomic E-state index is 12.6. The van der Waals surface area contributed by atoms with Gasteiger partial charge in [-0.05, 0) is 25.0 Å². The zero-order valence-electron chi connectivity index (χ0n) is 14.2. The molecular formula is C20H25NO2. The molecule has 3 heteroatoms. The first-order valence-electron chi connectivity index (χ1n) is 7.84. The van der Waals surface area contributed by atoms with Crippen molar-refractivity contribution in [2.45, 2.75) is 44.8 Å². The zero-order chi connectivity index (χ0) is 17.1. The Bertz CT molecular complexity index is 648. The van der Waals surface area contributed by atoms with E-state index in [0.717, 1.165) is 11.1 Å². The highest BCUT2D eigenvalue weighted by Gasteiger charge is 2.37. The summed E-state index contributed by atoms with van der Waals surface area (Å²) in [6, 6.07) is 18.7. The molecule has 2 rings (SSSR count). The van der Waals surface area contributed by atoms with Gasteiger partial charge < -0.3 is 10.5 Å². The van der Waals surface area contributed by atoms with Crippen molar-refractivity contribution in [1.29, 1.82) is 0 Å². The average molecular weight is 311 g/mol. The van der Waals surface area contributed by atoms with Gasteiger partial charge in [0.25, 0.3) is 0 Å². The molecular weight excluding hydrogens is 286 g/mol. The highest BCUT2D eigenvalue weighted by Crippen LogP contribution is 2.30. The van der Waals surface area contributed by atoms with Crippen LogP contribution in [-0.2, 0) is 20.5 Å². The molecule has 2 N–H and O–H groups in total. The van der Waals surface area contributed by atoms with Crippen LogP contribution in [-0.4, -0.2) is 12.0 Å². The fourth-order valence-corrected chi connectivity index (χ4v) is 2.56. The maximum Gasteiger partial charge on any atom is 0.324 e. The van der Waals surface area contributed by atoms with Crippen LogP contribution >= 0.6 is 0 Å². The summed E-state index contributed by atoms with van der Waals surface area (Å²) in [5.74, 6) is -0.396. The number of hydrogen-bond donors (Lipinski definition) is 1. The second-order valence-electron chi connectivity index (χ2n) is 6.86. The Morgan fingerprint density at radius 3 is 1.78 bits per heavy atom. The van der Waals surface area contributed by atoms with Crippen molar-refractivity contribution >= 4 is 5.97 Å². The van der Waals surface area contributed by atoms with Crippen LogP contribution in [0.25, 0.3) is 0 Å². The van der Waals surface area contributed by atoms with Crippen LogP contribution in [0.15, 0.2) is 60.7 Å². The highest BCUT2D eigenvalue weighted by atomic mass is 16.6. The maximum absolute atomic E-state index is 12.6. The fraction of sp³-hybridized carbons (Fsp3) is 0.350. The van der Waals surface area contributed by atoms with E-state index >= 15 is 0 Å². The lowest BCUT2D eigenvalue weighted by atomic mass is 9.78. The Labute approximate surface area is 138 Å². The largest absolute Gasteiger partial charge is 0.454 e. The van der Waals surface area contributed by atoms with Crippen LogP contribution in [0.4, 0.5) is 0 Å². The van der Waals surface area contributed by atoms with E-state index in [2.05, 4.69) is 0 Å². The number of benzene rings is 2. The van der Waals surface area contributed by atoms with E-state index in [4.69, 9.17) is 10.5 Å². The lowest BCUT2D eigenvalue weighted by Crippen LogP contribution is -2.49. The predicted octanol–water partition coefficient (Wildman–Crippen LogP) is 3.77. The summed E-state index contributed by atoms with van der Waals surface area (Å²) >= 11 is 0. The van der Waals surface area contributed by atoms with Gasteiger partial charge in [-0.15, -0.1) is 0 Å². The molecule has 0 aromatic heterocycles. The van der Waals surface area contributed by atoms with E-state index in [-0.39, 0.29) is 0 Å². The molecule has 0 aliphatic carbocycles. The third-order valence-corrected chi connectivity index (χ3v) is 4.37. The second kappa shape index (κ2) is 6.55. The molecule has 0 aliphatic rings. The third kappa shape index (κ3) is 3.80. The summed E-state index contributed by atoms with van der Waals surface area (Å²) in [5, 5.41) is 0. The monoisotopic (exact) mass is 311 g/mol. The van der Waals surface area contributed by atoms with Crippen LogP contribution in [0.3, 0.4) is 0 Å². The Morgan fingerprint density at radius 2 is 1.30 bits per heavy atom. The van der Waals surface area contributed by atoms with Gasteiger partial charge in [0.05, 0.1) is 0 Å². The lowest BCUT2D eigenvalue weighted by molar-refractivity contribution is -0.160. The molecule has 0 aliphatic heterocycles. The van der Waals surface area contributed by atoms with Gasteiger partial charge in [0, 0.05) is 5.41 Å². The standard InChI is InChI=1S/C20H25NO2/c1-19(2,15-11-7-5-8-12-15)17(21)18(22)23-20(3,4)16-13-9-6-10-14-16/h5-14,17H,21H2,1-4H3/t17-/m1/s1. The quantitative estimate of drug-likeness (QED) is 0.855. The van der Waals surface area contributed by atoms with Crippen LogP contribution in [0.5, 0.6) is 0 Å². The zero-order valence-corrected chi connectivity index (χ0v) is 14.2. The first kappa shape index (κ1) is 17.2. The minimum atomic E-state index is -0.743. The van der Waals surface area contributed by atoms with Crippen LogP contribution in [0, 0.1) is 0 Å². The van der Waals surface area contributed by atoms with Crippen molar-refractivity contribution in [3.8, 4) is 0 Å². The number of nitrogens with two attached hydrogens (primary N) is 1. The molecule has 0 heterocycles. The molecule has 3 nitrogen and oxygen atoms in total. The smallest absolute Gasteiger partial charge is 0.324 e. The van der Waals surface area contributed by atoms with E-state index in [9.17, 15) is 4.79 Å². The number of carbonyl (C=O) groups excluding carboxylic acids is 1. The summed E-state index contributed by atoms with van der Waals surface area (Å²) in [7, 11) is 0. The van der Waals surface area contributed by atoms with Gasteiger partial charge in [-0.25, -0.2) is 0 Å². The third-order valence-electron chi connectivity index (χ3n) is 4.37. The number of rotatable bonds is 5. The van der Waals surface area contributed by atoms with Gasteiger partial charge in [0.15, 0.2) is 0 Å². The molecule has 0 saturated carbocycles. The summed E-state index contributed by atoms with van der Waals surface area (Å²) in [6.07, 6.45) is 0. The molecule has 0 radical (unpaired) electrons. The van der Waals surface area contributed by atoms with E-state index in [1.165, 1.54) is 0 Å². The lowest BCUT2D eigenvalue weighted by Gasteiger charge is -2.34. The molecule has 0 saturated heterocycles. The van der Waals surface area contributed by atoms with Crippen LogP contribution in [0.2, 0.25) is 0 Å². The molecule has 2 aromatic rings. The predicted molar refractivity (Wildman–Crippen MR) is 93.0 cm³/mol. The van der Waals surface area contributed by atoms with Crippen molar-refractivity contribution < 1.29 is 9.53 Å². The molecule has 23 heavy (non-hydrogen) atoms. The summed E-state index contributed by atoms with van der Waals surface area (Å²) in [4.78, 5) is 12.6. The molecule has 0 spiro atoms. The topological polar surface area (TPSA) is 52.3 Å². The van der Waals surface area contributed by atoms with Gasteiger partial charge in [-0.1, -0.05) is 74.5 Å². The molecule has 122 valence electrons. The number of ether oxygens (including phenoxy) is 1. The number of carbonyl (C=O) groups is 1. The SMILES string of the molecule is CC(C)(OC(=O)[C@@H](N)C(C)(C)c1ccccc1)c1ccccc1. The second-order valence-corrected chi connectivity index (χ2v) is 6.86. The minimum absolute atomic E-state index is 0.396. The first-order chi connectivity index (χ1) is 10.7. The first-order valence-corrected chi connectivity index (χ1v) is 7.84. The molecule has 0 fully saturated rings. The van der Waals surface area contributed by atoms with Gasteiger partial charge >= 0.3 is 5.97 Å². The van der Waals surface area contributed by atoms with Gasteiger partial charge in [-0.2, -0.15) is 0 Å². The summed E-state index contributed by atoms with van der Waals surface area (Å²) in [5.41, 5.74) is 6.97. The molecule has 0 unspecified atom stereocenters. The molecule has 0 amide bonds. The molecule has 2 aromatic carbocycles. The van der Waals surface area contributed by atoms with Crippen molar-refractivity contribution in [2.24, 2.45) is 5.73 Å². The van der Waals surface area contributed by atoms with Crippen LogP contribution < -0.4 is 5.73 Å². The average Bonchev–Trinajstić information content (AvgIpc) is 2.55. The van der Waals surface area contributed by atoms with Crippen molar-refractivity contribution in [3.05, 3.63) is 71.8 Å². The highest BCUT2D eigenvalue weighted by molar-refractivity contribution is 5.78. The van der Waals surface area contributed by atoms with Crippen molar-refractivity contribution in [2.75, 3.05) is 0 Å². The summed E-state index contributed by atoms with van der Waals surface area (Å²) < 4.78 is 5.73. The number of hydrogen-bond acceptors (Lipinski definition) is 3. The Balaban J connectivity index is 2.17.